The third-order valence-electron chi connectivity index (χ3n) is 5.54. The van der Waals surface area contributed by atoms with E-state index in [4.69, 9.17) is 14.2 Å². The lowest BCUT2D eigenvalue weighted by Crippen LogP contribution is -2.18. The molecule has 5 heteroatoms. The van der Waals surface area contributed by atoms with Gasteiger partial charge in [0.25, 0.3) is 0 Å². The summed E-state index contributed by atoms with van der Waals surface area (Å²) in [6.07, 6.45) is 7.46. The molecule has 1 N–H and O–H groups in total. The summed E-state index contributed by atoms with van der Waals surface area (Å²) in [6.45, 7) is 9.65. The predicted molar refractivity (Wildman–Crippen MR) is 121 cm³/mol. The fourth-order valence-electron chi connectivity index (χ4n) is 3.41. The molecule has 0 radical (unpaired) electrons. The maximum absolute atomic E-state index is 11.4. The molecule has 1 aromatic rings. The van der Waals surface area contributed by atoms with Crippen molar-refractivity contribution in [2.45, 2.75) is 53.4 Å². The van der Waals surface area contributed by atoms with Gasteiger partial charge in [0.15, 0.2) is 11.5 Å². The molecule has 0 aromatic heterocycles. The molecule has 30 heavy (non-hydrogen) atoms. The lowest BCUT2D eigenvalue weighted by atomic mass is 9.86. The minimum Gasteiger partial charge on any atom is -0.493 e. The van der Waals surface area contributed by atoms with Gasteiger partial charge in [-0.05, 0) is 54.7 Å². The first kappa shape index (κ1) is 26.0. The highest BCUT2D eigenvalue weighted by atomic mass is 16.5. The van der Waals surface area contributed by atoms with Crippen LogP contribution in [0.2, 0.25) is 0 Å². The van der Waals surface area contributed by atoms with Crippen LogP contribution in [-0.2, 0) is 16.0 Å². The van der Waals surface area contributed by atoms with Gasteiger partial charge in [-0.25, -0.2) is 0 Å². The number of hydrogen-bond acceptors (Lipinski definition) is 4. The number of methoxy groups -OCH3 is 2. The number of benzene rings is 1. The van der Waals surface area contributed by atoms with Crippen molar-refractivity contribution in [2.75, 3.05) is 27.4 Å². The third kappa shape index (κ3) is 9.21. The summed E-state index contributed by atoms with van der Waals surface area (Å²) in [5, 5.41) is 9.33. The van der Waals surface area contributed by atoms with Crippen LogP contribution >= 0.6 is 0 Å². The maximum atomic E-state index is 11.4. The summed E-state index contributed by atoms with van der Waals surface area (Å²) < 4.78 is 16.4. The average molecular weight is 421 g/mol. The maximum Gasteiger partial charge on any atom is 0.307 e. The third-order valence-corrected chi connectivity index (χ3v) is 5.54. The molecule has 0 heterocycles. The number of carboxylic acid groups (broad SMARTS) is 1. The summed E-state index contributed by atoms with van der Waals surface area (Å²) >= 11 is 0. The van der Waals surface area contributed by atoms with Gasteiger partial charge in [0.1, 0.15) is 0 Å². The summed E-state index contributed by atoms with van der Waals surface area (Å²) in [4.78, 5) is 11.4. The molecule has 1 rings (SSSR count). The van der Waals surface area contributed by atoms with Crippen LogP contribution in [0.15, 0.2) is 30.4 Å². The van der Waals surface area contributed by atoms with Crippen LogP contribution in [0.25, 0.3) is 0 Å². The van der Waals surface area contributed by atoms with E-state index in [-0.39, 0.29) is 11.8 Å². The molecule has 0 spiro atoms. The Morgan fingerprint density at radius 2 is 1.70 bits per heavy atom. The van der Waals surface area contributed by atoms with Crippen LogP contribution in [0, 0.1) is 23.7 Å². The Morgan fingerprint density at radius 1 is 1.00 bits per heavy atom. The van der Waals surface area contributed by atoms with Gasteiger partial charge in [-0.2, -0.15) is 0 Å². The lowest BCUT2D eigenvalue weighted by Gasteiger charge is -2.21. The summed E-state index contributed by atoms with van der Waals surface area (Å²) in [6, 6.07) is 6.14. The zero-order chi connectivity index (χ0) is 22.5. The van der Waals surface area contributed by atoms with Gasteiger partial charge in [-0.15, -0.1) is 0 Å². The molecular formula is C25H40O5. The number of allylic oxidation sites excluding steroid dienone is 2. The Bertz CT molecular complexity index is 651. The number of rotatable bonds is 15. The molecule has 5 nitrogen and oxygen atoms in total. The molecular weight excluding hydrogens is 380 g/mol. The topological polar surface area (TPSA) is 65.0 Å². The molecule has 2 atom stereocenters. The van der Waals surface area contributed by atoms with Gasteiger partial charge in [-0.1, -0.05) is 45.9 Å². The first-order chi connectivity index (χ1) is 14.3. The van der Waals surface area contributed by atoms with Crippen molar-refractivity contribution in [1.29, 1.82) is 0 Å². The molecule has 1 aromatic carbocycles. The van der Waals surface area contributed by atoms with E-state index >= 15 is 0 Å². The van der Waals surface area contributed by atoms with Crippen LogP contribution < -0.4 is 9.47 Å². The van der Waals surface area contributed by atoms with Gasteiger partial charge >= 0.3 is 5.97 Å². The number of ether oxygens (including phenoxy) is 3. The van der Waals surface area contributed by atoms with Gasteiger partial charge in [0.2, 0.25) is 0 Å². The lowest BCUT2D eigenvalue weighted by molar-refractivity contribution is -0.143. The average Bonchev–Trinajstić information content (AvgIpc) is 2.69. The minimum atomic E-state index is -0.716. The molecule has 0 aliphatic heterocycles. The van der Waals surface area contributed by atoms with Crippen LogP contribution in [0.3, 0.4) is 0 Å². The molecule has 0 unspecified atom stereocenters. The normalized spacial score (nSPS) is 13.7. The van der Waals surface area contributed by atoms with Crippen molar-refractivity contribution in [2.24, 2.45) is 23.7 Å². The highest BCUT2D eigenvalue weighted by molar-refractivity contribution is 5.70. The van der Waals surface area contributed by atoms with Crippen molar-refractivity contribution in [3.63, 3.8) is 0 Å². The second-order valence-corrected chi connectivity index (χ2v) is 8.52. The van der Waals surface area contributed by atoms with Crippen LogP contribution in [0.5, 0.6) is 11.5 Å². The van der Waals surface area contributed by atoms with Crippen molar-refractivity contribution in [1.82, 2.24) is 0 Å². The highest BCUT2D eigenvalue weighted by Gasteiger charge is 2.20. The Balaban J connectivity index is 2.75. The monoisotopic (exact) mass is 420 g/mol. The number of carbonyl (C=O) groups is 1. The number of hydrogen-bond donors (Lipinski definition) is 1. The molecule has 0 fully saturated rings. The summed E-state index contributed by atoms with van der Waals surface area (Å²) in [5.41, 5.74) is 1.22. The van der Waals surface area contributed by atoms with Gasteiger partial charge < -0.3 is 19.3 Å². The Kier molecular flexibility index (Phi) is 12.2. The summed E-state index contributed by atoms with van der Waals surface area (Å²) in [5.74, 6) is 1.59. The van der Waals surface area contributed by atoms with Crippen molar-refractivity contribution in [3.05, 3.63) is 35.9 Å². The fraction of sp³-hybridized carbons (Fsp3) is 0.640. The van der Waals surface area contributed by atoms with E-state index in [1.54, 1.807) is 14.2 Å². The van der Waals surface area contributed by atoms with E-state index < -0.39 is 5.97 Å². The van der Waals surface area contributed by atoms with Crippen LogP contribution in [-0.4, -0.2) is 38.5 Å². The highest BCUT2D eigenvalue weighted by Crippen LogP contribution is 2.31. The molecule has 0 bridgehead atoms. The Morgan fingerprint density at radius 3 is 2.27 bits per heavy atom. The van der Waals surface area contributed by atoms with Gasteiger partial charge in [0, 0.05) is 20.1 Å². The molecule has 170 valence electrons. The van der Waals surface area contributed by atoms with E-state index in [2.05, 4.69) is 32.1 Å². The zero-order valence-corrected chi connectivity index (χ0v) is 19.5. The predicted octanol–water partition coefficient (Wildman–Crippen LogP) is 5.62. The molecule has 0 aliphatic carbocycles. The van der Waals surface area contributed by atoms with E-state index in [1.807, 2.05) is 26.0 Å². The SMILES string of the molecule is COCCCOc1cc(C[C@@H](C/C=C/C[C@@H](C(=O)O)C(C)C)C(C)C)ccc1OC. The number of carboxylic acids is 1. The molecule has 0 saturated heterocycles. The van der Waals surface area contributed by atoms with Crippen molar-refractivity contribution >= 4 is 5.97 Å². The molecule has 0 amide bonds. The van der Waals surface area contributed by atoms with E-state index in [9.17, 15) is 9.90 Å². The molecule has 0 saturated carbocycles. The van der Waals surface area contributed by atoms with E-state index in [0.29, 0.717) is 31.5 Å². The Labute approximate surface area is 182 Å². The quantitative estimate of drug-likeness (QED) is 0.295. The van der Waals surface area contributed by atoms with Gasteiger partial charge in [-0.3, -0.25) is 4.79 Å². The first-order valence-electron chi connectivity index (χ1n) is 11.0. The van der Waals surface area contributed by atoms with E-state index in [0.717, 1.165) is 30.8 Å². The van der Waals surface area contributed by atoms with E-state index in [1.165, 1.54) is 5.56 Å². The van der Waals surface area contributed by atoms with Crippen LogP contribution in [0.1, 0.15) is 52.5 Å². The minimum absolute atomic E-state index is 0.134. The fourth-order valence-corrected chi connectivity index (χ4v) is 3.41. The van der Waals surface area contributed by atoms with Crippen LogP contribution in [0.4, 0.5) is 0 Å². The van der Waals surface area contributed by atoms with Gasteiger partial charge in [0.05, 0.1) is 19.6 Å². The second kappa shape index (κ2) is 14.1. The molecule has 0 aliphatic rings. The largest absolute Gasteiger partial charge is 0.493 e. The standard InChI is InChI=1S/C25H40O5/c1-18(2)21(10-7-8-11-22(19(3)4)25(26)27)16-20-12-13-23(29-6)24(17-20)30-15-9-14-28-5/h7-8,12-13,17-19,21-22H,9-11,14-16H2,1-6H3,(H,26,27)/b8-7+/t21-,22-/m1/s1. The number of aliphatic carboxylic acids is 1. The van der Waals surface area contributed by atoms with Crippen molar-refractivity contribution < 1.29 is 24.1 Å². The second-order valence-electron chi connectivity index (χ2n) is 8.52. The Hall–Kier alpha value is -2.01. The zero-order valence-electron chi connectivity index (χ0n) is 19.5. The summed E-state index contributed by atoms with van der Waals surface area (Å²) in [7, 11) is 3.34. The first-order valence-corrected chi connectivity index (χ1v) is 11.0. The van der Waals surface area contributed by atoms with Crippen molar-refractivity contribution in [3.8, 4) is 11.5 Å². The smallest absolute Gasteiger partial charge is 0.307 e.